The lowest BCUT2D eigenvalue weighted by Crippen LogP contribution is -2.16. The Balaban J connectivity index is 1.99. The van der Waals surface area contributed by atoms with E-state index in [-0.39, 0.29) is 22.8 Å². The standard InChI is InChI=1S/C18H12F4N4O3/c19-8-9-5-10(18(20,21)22)7-11(6-9)24-16(28)13-14(27)17(29)26-15(25-13)12-3-1-2-4-23-12/h1-7,27H,8H2,(H,24,28)(H,25,26,29). The number of aromatic nitrogens is 3. The van der Waals surface area contributed by atoms with Gasteiger partial charge in [-0.15, -0.1) is 0 Å². The molecule has 0 saturated heterocycles. The van der Waals surface area contributed by atoms with Gasteiger partial charge in [-0.1, -0.05) is 6.07 Å². The number of nitrogens with zero attached hydrogens (tertiary/aromatic N) is 3. The Morgan fingerprint density at radius 2 is 1.86 bits per heavy atom. The highest BCUT2D eigenvalue weighted by Gasteiger charge is 2.31. The van der Waals surface area contributed by atoms with Crippen LogP contribution < -0.4 is 5.32 Å². The summed E-state index contributed by atoms with van der Waals surface area (Å²) in [4.78, 5) is 23.9. The van der Waals surface area contributed by atoms with E-state index in [0.29, 0.717) is 12.1 Å². The van der Waals surface area contributed by atoms with Gasteiger partial charge in [0.25, 0.3) is 11.8 Å². The van der Waals surface area contributed by atoms with Crippen LogP contribution in [0.3, 0.4) is 0 Å². The van der Waals surface area contributed by atoms with Crippen molar-refractivity contribution in [3.8, 4) is 23.1 Å². The molecule has 11 heteroatoms. The predicted octanol–water partition coefficient (Wildman–Crippen LogP) is 3.69. The number of alkyl halides is 4. The molecule has 0 aliphatic carbocycles. The van der Waals surface area contributed by atoms with Crippen molar-refractivity contribution in [3.63, 3.8) is 0 Å². The van der Waals surface area contributed by atoms with E-state index in [4.69, 9.17) is 0 Å². The van der Waals surface area contributed by atoms with E-state index in [2.05, 4.69) is 20.3 Å². The largest absolute Gasteiger partial charge is 0.501 e. The Morgan fingerprint density at radius 3 is 2.48 bits per heavy atom. The average molecular weight is 408 g/mol. The molecule has 0 atom stereocenters. The lowest BCUT2D eigenvalue weighted by Gasteiger charge is -2.12. The number of aromatic hydroxyl groups is 2. The van der Waals surface area contributed by atoms with Crippen LogP contribution >= 0.6 is 0 Å². The van der Waals surface area contributed by atoms with Gasteiger partial charge in [-0.25, -0.2) is 9.37 Å². The Kier molecular flexibility index (Phi) is 5.31. The highest BCUT2D eigenvalue weighted by molar-refractivity contribution is 6.05. The summed E-state index contributed by atoms with van der Waals surface area (Å²) in [6, 6.07) is 6.90. The molecule has 3 aromatic rings. The maximum atomic E-state index is 13.0. The minimum atomic E-state index is -4.76. The van der Waals surface area contributed by atoms with Crippen molar-refractivity contribution in [2.75, 3.05) is 5.32 Å². The monoisotopic (exact) mass is 408 g/mol. The summed E-state index contributed by atoms with van der Waals surface area (Å²) in [6.07, 6.45) is -3.35. The number of hydrogen-bond donors (Lipinski definition) is 3. The molecular weight excluding hydrogens is 396 g/mol. The zero-order valence-electron chi connectivity index (χ0n) is 14.4. The summed E-state index contributed by atoms with van der Waals surface area (Å²) in [5.41, 5.74) is -2.35. The molecule has 3 rings (SSSR count). The topological polar surface area (TPSA) is 108 Å². The quantitative estimate of drug-likeness (QED) is 0.569. The normalized spacial score (nSPS) is 11.3. The van der Waals surface area contributed by atoms with E-state index < -0.39 is 41.6 Å². The Bertz CT molecular complexity index is 1060. The summed E-state index contributed by atoms with van der Waals surface area (Å²) in [6.45, 7) is -1.18. The molecule has 0 bridgehead atoms. The molecule has 1 amide bonds. The number of anilines is 1. The third-order valence-corrected chi connectivity index (χ3v) is 3.71. The van der Waals surface area contributed by atoms with Gasteiger partial charge in [0.1, 0.15) is 12.4 Å². The van der Waals surface area contributed by atoms with Crippen LogP contribution in [0.15, 0.2) is 42.6 Å². The van der Waals surface area contributed by atoms with Crippen molar-refractivity contribution >= 4 is 11.6 Å². The number of hydrogen-bond acceptors (Lipinski definition) is 6. The van der Waals surface area contributed by atoms with E-state index in [1.165, 1.54) is 12.3 Å². The molecule has 0 saturated carbocycles. The molecule has 0 aliphatic heterocycles. The smallest absolute Gasteiger partial charge is 0.416 e. The first-order valence-corrected chi connectivity index (χ1v) is 7.99. The first-order valence-electron chi connectivity index (χ1n) is 7.99. The molecule has 0 unspecified atom stereocenters. The minimum Gasteiger partial charge on any atom is -0.501 e. The number of pyridine rings is 1. The summed E-state index contributed by atoms with van der Waals surface area (Å²) in [5, 5.41) is 21.8. The second kappa shape index (κ2) is 7.70. The van der Waals surface area contributed by atoms with Crippen LogP contribution in [0.5, 0.6) is 11.6 Å². The lowest BCUT2D eigenvalue weighted by molar-refractivity contribution is -0.137. The van der Waals surface area contributed by atoms with Gasteiger partial charge in [0, 0.05) is 11.9 Å². The third kappa shape index (κ3) is 4.39. The van der Waals surface area contributed by atoms with Crippen LogP contribution in [-0.4, -0.2) is 31.1 Å². The summed E-state index contributed by atoms with van der Waals surface area (Å²) >= 11 is 0. The van der Waals surface area contributed by atoms with Crippen molar-refractivity contribution < 1.29 is 32.6 Å². The Labute approximate surface area is 160 Å². The van der Waals surface area contributed by atoms with Gasteiger partial charge in [0.2, 0.25) is 5.75 Å². The van der Waals surface area contributed by atoms with Gasteiger partial charge < -0.3 is 15.5 Å². The third-order valence-electron chi connectivity index (χ3n) is 3.71. The zero-order chi connectivity index (χ0) is 21.2. The molecule has 3 N–H and O–H groups in total. The van der Waals surface area contributed by atoms with E-state index in [9.17, 15) is 32.6 Å². The van der Waals surface area contributed by atoms with Gasteiger partial charge in [-0.05, 0) is 35.9 Å². The fraction of sp³-hybridized carbons (Fsp3) is 0.111. The lowest BCUT2D eigenvalue weighted by atomic mass is 10.1. The van der Waals surface area contributed by atoms with Crippen molar-refractivity contribution in [2.45, 2.75) is 12.9 Å². The molecule has 150 valence electrons. The Hall–Kier alpha value is -3.76. The molecule has 2 heterocycles. The molecule has 2 aromatic heterocycles. The number of rotatable bonds is 4. The zero-order valence-corrected chi connectivity index (χ0v) is 14.4. The number of carbonyl (C=O) groups excluding carboxylic acids is 1. The van der Waals surface area contributed by atoms with Gasteiger partial charge in [-0.2, -0.15) is 18.2 Å². The van der Waals surface area contributed by atoms with Gasteiger partial charge in [0.15, 0.2) is 11.5 Å². The summed E-state index contributed by atoms with van der Waals surface area (Å²) < 4.78 is 51.8. The molecular formula is C18H12F4N4O3. The number of benzene rings is 1. The van der Waals surface area contributed by atoms with E-state index in [0.717, 1.165) is 6.07 Å². The summed E-state index contributed by atoms with van der Waals surface area (Å²) in [7, 11) is 0. The van der Waals surface area contributed by atoms with Crippen LogP contribution in [0, 0.1) is 0 Å². The second-order valence-corrected chi connectivity index (χ2v) is 5.79. The summed E-state index contributed by atoms with van der Waals surface area (Å²) in [5.74, 6) is -3.22. The maximum absolute atomic E-state index is 13.0. The van der Waals surface area contributed by atoms with Crippen molar-refractivity contribution in [1.82, 2.24) is 15.0 Å². The van der Waals surface area contributed by atoms with Crippen LogP contribution in [-0.2, 0) is 12.9 Å². The van der Waals surface area contributed by atoms with Gasteiger partial charge in [0.05, 0.1) is 5.56 Å². The van der Waals surface area contributed by atoms with E-state index >= 15 is 0 Å². The van der Waals surface area contributed by atoms with Crippen LogP contribution in [0.1, 0.15) is 21.6 Å². The maximum Gasteiger partial charge on any atom is 0.416 e. The predicted molar refractivity (Wildman–Crippen MR) is 92.8 cm³/mol. The molecule has 0 aliphatic rings. The van der Waals surface area contributed by atoms with Gasteiger partial charge >= 0.3 is 6.18 Å². The van der Waals surface area contributed by atoms with Crippen LogP contribution in [0.4, 0.5) is 23.2 Å². The molecule has 0 fully saturated rings. The fourth-order valence-electron chi connectivity index (χ4n) is 2.41. The fourth-order valence-corrected chi connectivity index (χ4v) is 2.41. The van der Waals surface area contributed by atoms with Crippen molar-refractivity contribution in [1.29, 1.82) is 0 Å². The SMILES string of the molecule is O=C(Nc1cc(CF)cc(C(F)(F)F)c1)c1nc(-c2ccccn2)nc(O)c1O. The number of amides is 1. The number of halogens is 4. The average Bonchev–Trinajstić information content (AvgIpc) is 2.69. The number of carbonyl (C=O) groups is 1. The van der Waals surface area contributed by atoms with Crippen LogP contribution in [0.2, 0.25) is 0 Å². The molecule has 0 radical (unpaired) electrons. The second-order valence-electron chi connectivity index (χ2n) is 5.79. The first kappa shape index (κ1) is 20.0. The van der Waals surface area contributed by atoms with E-state index in [1.54, 1.807) is 12.1 Å². The van der Waals surface area contributed by atoms with Crippen LogP contribution in [0.25, 0.3) is 11.5 Å². The molecule has 7 nitrogen and oxygen atoms in total. The number of nitrogens with one attached hydrogen (secondary N) is 1. The molecule has 1 aromatic carbocycles. The highest BCUT2D eigenvalue weighted by atomic mass is 19.4. The molecule has 29 heavy (non-hydrogen) atoms. The highest BCUT2D eigenvalue weighted by Crippen LogP contribution is 2.33. The van der Waals surface area contributed by atoms with Gasteiger partial charge in [-0.3, -0.25) is 9.78 Å². The first-order chi connectivity index (χ1) is 13.7. The minimum absolute atomic E-state index is 0.177. The van der Waals surface area contributed by atoms with Crippen molar-refractivity contribution in [2.24, 2.45) is 0 Å². The van der Waals surface area contributed by atoms with Crippen molar-refractivity contribution in [3.05, 3.63) is 59.4 Å². The Morgan fingerprint density at radius 1 is 1.10 bits per heavy atom. The van der Waals surface area contributed by atoms with E-state index in [1.807, 2.05) is 0 Å². The molecule has 0 spiro atoms.